The molecule has 2 heterocycles. The predicted molar refractivity (Wildman–Crippen MR) is 91.4 cm³/mol. The Bertz CT molecular complexity index is 579. The molecule has 2 aliphatic rings. The first-order valence-corrected chi connectivity index (χ1v) is 8.33. The molecule has 0 aromatic heterocycles. The van der Waals surface area contributed by atoms with Gasteiger partial charge in [-0.25, -0.2) is 4.79 Å². The minimum atomic E-state index is -0.416. The molecule has 0 saturated carbocycles. The molecule has 5 heteroatoms. The van der Waals surface area contributed by atoms with Crippen molar-refractivity contribution in [3.63, 3.8) is 0 Å². The summed E-state index contributed by atoms with van der Waals surface area (Å²) in [7, 11) is 0. The van der Waals surface area contributed by atoms with Crippen LogP contribution in [0.3, 0.4) is 0 Å². The quantitative estimate of drug-likeness (QED) is 0.839. The molecule has 23 heavy (non-hydrogen) atoms. The van der Waals surface area contributed by atoms with Gasteiger partial charge in [-0.1, -0.05) is 31.2 Å². The predicted octanol–water partition coefficient (Wildman–Crippen LogP) is 1.98. The zero-order valence-corrected chi connectivity index (χ0v) is 13.6. The van der Waals surface area contributed by atoms with Crippen molar-refractivity contribution in [3.8, 4) is 0 Å². The number of aliphatic hydroxyl groups is 1. The minimum Gasteiger partial charge on any atom is -0.391 e. The van der Waals surface area contributed by atoms with Gasteiger partial charge < -0.3 is 20.2 Å². The molecule has 1 saturated heterocycles. The standard InChI is InChI=1S/C18H25N3O2/c1-14-7-10-21(13-17(14)22)18(23)19-12-15-5-4-6-16(11-15)20-8-2-3-9-20/h2-6,11,14,17,22H,7-10,12-13H2,1H3,(H,19,23). The van der Waals surface area contributed by atoms with Crippen LogP contribution in [0, 0.1) is 5.92 Å². The summed E-state index contributed by atoms with van der Waals surface area (Å²) in [5.41, 5.74) is 2.28. The van der Waals surface area contributed by atoms with Crippen LogP contribution in [0.25, 0.3) is 0 Å². The number of piperidine rings is 1. The number of carbonyl (C=O) groups is 1. The second kappa shape index (κ2) is 7.04. The third-order valence-electron chi connectivity index (χ3n) is 4.74. The number of rotatable bonds is 3. The molecule has 0 radical (unpaired) electrons. The molecular formula is C18H25N3O2. The average molecular weight is 315 g/mol. The summed E-state index contributed by atoms with van der Waals surface area (Å²) in [4.78, 5) is 16.2. The van der Waals surface area contributed by atoms with E-state index in [4.69, 9.17) is 0 Å². The van der Waals surface area contributed by atoms with Crippen LogP contribution in [0.4, 0.5) is 10.5 Å². The van der Waals surface area contributed by atoms with E-state index in [1.54, 1.807) is 4.90 Å². The Balaban J connectivity index is 1.53. The zero-order valence-electron chi connectivity index (χ0n) is 13.6. The highest BCUT2D eigenvalue weighted by Crippen LogP contribution is 2.19. The van der Waals surface area contributed by atoms with E-state index in [2.05, 4.69) is 34.5 Å². The van der Waals surface area contributed by atoms with Crippen molar-refractivity contribution in [2.24, 2.45) is 5.92 Å². The highest BCUT2D eigenvalue weighted by atomic mass is 16.3. The summed E-state index contributed by atoms with van der Waals surface area (Å²) in [5, 5.41) is 12.9. The molecule has 1 aromatic rings. The van der Waals surface area contributed by atoms with Crippen molar-refractivity contribution < 1.29 is 9.90 Å². The lowest BCUT2D eigenvalue weighted by Gasteiger charge is -2.34. The molecule has 124 valence electrons. The van der Waals surface area contributed by atoms with Crippen LogP contribution in [-0.4, -0.2) is 48.3 Å². The van der Waals surface area contributed by atoms with Gasteiger partial charge in [-0.15, -0.1) is 0 Å². The smallest absolute Gasteiger partial charge is 0.317 e. The second-order valence-electron chi connectivity index (χ2n) is 6.48. The number of nitrogens with one attached hydrogen (secondary N) is 1. The van der Waals surface area contributed by atoms with Crippen LogP contribution in [0.15, 0.2) is 36.4 Å². The maximum absolute atomic E-state index is 12.2. The largest absolute Gasteiger partial charge is 0.391 e. The lowest BCUT2D eigenvalue weighted by molar-refractivity contribution is 0.0435. The molecule has 2 aliphatic heterocycles. The van der Waals surface area contributed by atoms with E-state index >= 15 is 0 Å². The van der Waals surface area contributed by atoms with Crippen LogP contribution in [0.1, 0.15) is 18.9 Å². The van der Waals surface area contributed by atoms with E-state index < -0.39 is 6.10 Å². The fourth-order valence-corrected chi connectivity index (χ4v) is 3.07. The fraction of sp³-hybridized carbons (Fsp3) is 0.500. The lowest BCUT2D eigenvalue weighted by atomic mass is 9.96. The van der Waals surface area contributed by atoms with E-state index in [0.29, 0.717) is 19.6 Å². The Morgan fingerprint density at radius 2 is 2.13 bits per heavy atom. The van der Waals surface area contributed by atoms with Gasteiger partial charge in [-0.2, -0.15) is 0 Å². The number of carbonyl (C=O) groups excluding carboxylic acids is 1. The van der Waals surface area contributed by atoms with Crippen molar-refractivity contribution in [2.45, 2.75) is 26.0 Å². The Morgan fingerprint density at radius 3 is 2.87 bits per heavy atom. The third-order valence-corrected chi connectivity index (χ3v) is 4.74. The van der Waals surface area contributed by atoms with Crippen molar-refractivity contribution in [2.75, 3.05) is 31.1 Å². The Morgan fingerprint density at radius 1 is 1.35 bits per heavy atom. The number of hydrogen-bond donors (Lipinski definition) is 2. The molecule has 5 nitrogen and oxygen atoms in total. The molecule has 1 fully saturated rings. The molecule has 0 bridgehead atoms. The van der Waals surface area contributed by atoms with Gasteiger partial charge in [0.05, 0.1) is 6.10 Å². The summed E-state index contributed by atoms with van der Waals surface area (Å²) in [6, 6.07) is 8.19. The Hall–Kier alpha value is -2.01. The SMILES string of the molecule is CC1CCN(C(=O)NCc2cccc(N3CC=CC3)c2)CC1O. The van der Waals surface area contributed by atoms with Crippen molar-refractivity contribution in [3.05, 3.63) is 42.0 Å². The topological polar surface area (TPSA) is 55.8 Å². The van der Waals surface area contributed by atoms with Gasteiger partial charge >= 0.3 is 6.03 Å². The van der Waals surface area contributed by atoms with Crippen molar-refractivity contribution >= 4 is 11.7 Å². The molecule has 3 rings (SSSR count). The van der Waals surface area contributed by atoms with Gasteiger partial charge in [0.2, 0.25) is 0 Å². The maximum Gasteiger partial charge on any atom is 0.317 e. The highest BCUT2D eigenvalue weighted by Gasteiger charge is 2.27. The van der Waals surface area contributed by atoms with Crippen LogP contribution in [0.2, 0.25) is 0 Å². The van der Waals surface area contributed by atoms with Crippen LogP contribution >= 0.6 is 0 Å². The molecule has 2 amide bonds. The highest BCUT2D eigenvalue weighted by molar-refractivity contribution is 5.74. The molecule has 1 aromatic carbocycles. The fourth-order valence-electron chi connectivity index (χ4n) is 3.07. The van der Waals surface area contributed by atoms with Crippen LogP contribution in [0.5, 0.6) is 0 Å². The molecule has 0 aliphatic carbocycles. The molecular weight excluding hydrogens is 290 g/mol. The minimum absolute atomic E-state index is 0.0933. The number of hydrogen-bond acceptors (Lipinski definition) is 3. The second-order valence-corrected chi connectivity index (χ2v) is 6.48. The first-order chi connectivity index (χ1) is 11.1. The van der Waals surface area contributed by atoms with E-state index in [-0.39, 0.29) is 11.9 Å². The Kier molecular flexibility index (Phi) is 4.86. The van der Waals surface area contributed by atoms with E-state index in [1.807, 2.05) is 19.1 Å². The van der Waals surface area contributed by atoms with Crippen molar-refractivity contribution in [1.82, 2.24) is 10.2 Å². The van der Waals surface area contributed by atoms with Gasteiger partial charge in [0.25, 0.3) is 0 Å². The first kappa shape index (κ1) is 15.9. The zero-order chi connectivity index (χ0) is 16.2. The van der Waals surface area contributed by atoms with E-state index in [0.717, 1.165) is 25.1 Å². The summed E-state index contributed by atoms with van der Waals surface area (Å²) in [6.07, 6.45) is 4.76. The monoisotopic (exact) mass is 315 g/mol. The molecule has 2 N–H and O–H groups in total. The summed E-state index contributed by atoms with van der Waals surface area (Å²) in [6.45, 7) is 5.56. The van der Waals surface area contributed by atoms with Gasteiger partial charge in [0, 0.05) is 38.4 Å². The van der Waals surface area contributed by atoms with Crippen LogP contribution < -0.4 is 10.2 Å². The average Bonchev–Trinajstić information content (AvgIpc) is 3.10. The maximum atomic E-state index is 12.2. The van der Waals surface area contributed by atoms with E-state index in [9.17, 15) is 9.90 Å². The summed E-state index contributed by atoms with van der Waals surface area (Å²) < 4.78 is 0. The molecule has 2 atom stereocenters. The van der Waals surface area contributed by atoms with Gasteiger partial charge in [-0.3, -0.25) is 0 Å². The summed E-state index contributed by atoms with van der Waals surface area (Å²) >= 11 is 0. The number of benzene rings is 1. The third kappa shape index (κ3) is 3.85. The normalized spacial score (nSPS) is 24.1. The van der Waals surface area contributed by atoms with E-state index in [1.165, 1.54) is 5.69 Å². The molecule has 2 unspecified atom stereocenters. The number of anilines is 1. The van der Waals surface area contributed by atoms with Gasteiger partial charge in [-0.05, 0) is 30.0 Å². The number of nitrogens with zero attached hydrogens (tertiary/aromatic N) is 2. The van der Waals surface area contributed by atoms with Crippen LogP contribution in [-0.2, 0) is 6.54 Å². The Labute approximate surface area is 137 Å². The molecule has 0 spiro atoms. The first-order valence-electron chi connectivity index (χ1n) is 8.33. The van der Waals surface area contributed by atoms with Gasteiger partial charge in [0.1, 0.15) is 0 Å². The number of aliphatic hydroxyl groups excluding tert-OH is 1. The number of likely N-dealkylation sites (tertiary alicyclic amines) is 1. The number of urea groups is 1. The van der Waals surface area contributed by atoms with Crippen molar-refractivity contribution in [1.29, 1.82) is 0 Å². The lowest BCUT2D eigenvalue weighted by Crippen LogP contribution is -2.49. The number of β-amino-alcohol motifs (C(OH)–C–C–N with tert-alkyl or cyclic N) is 1. The summed E-state index contributed by atoms with van der Waals surface area (Å²) in [5.74, 6) is 0.268. The number of amides is 2. The van der Waals surface area contributed by atoms with Gasteiger partial charge in [0.15, 0.2) is 0 Å².